The molecule has 2 aromatic carbocycles. The molecule has 0 aliphatic carbocycles. The van der Waals surface area contributed by atoms with Crippen LogP contribution in [0.15, 0.2) is 66.9 Å². The number of nitrogens with one attached hydrogen (secondary N) is 1. The third kappa shape index (κ3) is 4.14. The van der Waals surface area contributed by atoms with Crippen LogP contribution in [0.4, 0.5) is 5.69 Å². The van der Waals surface area contributed by atoms with E-state index in [9.17, 15) is 0 Å². The Balaban J connectivity index is 1.70. The number of pyridine rings is 1. The molecule has 2 atom stereocenters. The molecular formula is C30H32N4S. The minimum absolute atomic E-state index is 0.0228. The van der Waals surface area contributed by atoms with Crippen LogP contribution >= 0.6 is 12.2 Å². The van der Waals surface area contributed by atoms with E-state index in [0.717, 1.165) is 16.5 Å². The molecule has 0 bridgehead atoms. The maximum atomic E-state index is 5.94. The monoisotopic (exact) mass is 480 g/mol. The van der Waals surface area contributed by atoms with Gasteiger partial charge < -0.3 is 14.8 Å². The second-order valence-electron chi connectivity index (χ2n) is 9.77. The molecule has 0 saturated carbocycles. The molecular weight excluding hydrogens is 448 g/mol. The summed E-state index contributed by atoms with van der Waals surface area (Å²) in [6.07, 6.45) is 1.86. The van der Waals surface area contributed by atoms with Crippen molar-refractivity contribution >= 4 is 23.0 Å². The van der Waals surface area contributed by atoms with E-state index < -0.39 is 0 Å². The fourth-order valence-corrected chi connectivity index (χ4v) is 5.73. The molecule has 1 aliphatic rings. The van der Waals surface area contributed by atoms with Gasteiger partial charge in [-0.3, -0.25) is 4.98 Å². The number of aryl methyl sites for hydroxylation is 5. The predicted molar refractivity (Wildman–Crippen MR) is 149 cm³/mol. The van der Waals surface area contributed by atoms with E-state index in [-0.39, 0.29) is 12.1 Å². The third-order valence-corrected chi connectivity index (χ3v) is 7.43. The minimum atomic E-state index is -0.0569. The maximum Gasteiger partial charge on any atom is 0.174 e. The summed E-state index contributed by atoms with van der Waals surface area (Å²) < 4.78 is 2.37. The Kier molecular flexibility index (Phi) is 5.97. The molecule has 0 amide bonds. The van der Waals surface area contributed by atoms with Gasteiger partial charge in [-0.15, -0.1) is 0 Å². The van der Waals surface area contributed by atoms with Crippen LogP contribution in [0.5, 0.6) is 0 Å². The minimum Gasteiger partial charge on any atom is -0.351 e. The van der Waals surface area contributed by atoms with Crippen LogP contribution < -0.4 is 10.2 Å². The summed E-state index contributed by atoms with van der Waals surface area (Å²) in [4.78, 5) is 6.99. The number of thiocarbonyl (C=S) groups is 1. The highest BCUT2D eigenvalue weighted by Crippen LogP contribution is 2.44. The third-order valence-electron chi connectivity index (χ3n) is 7.12. The summed E-state index contributed by atoms with van der Waals surface area (Å²) in [6.45, 7) is 13.0. The summed E-state index contributed by atoms with van der Waals surface area (Å²) in [5.41, 5.74) is 12.0. The van der Waals surface area contributed by atoms with E-state index in [2.05, 4.69) is 105 Å². The number of anilines is 1. The molecule has 4 nitrogen and oxygen atoms in total. The van der Waals surface area contributed by atoms with Crippen LogP contribution in [0, 0.1) is 41.5 Å². The molecule has 178 valence electrons. The second kappa shape index (κ2) is 8.97. The van der Waals surface area contributed by atoms with Gasteiger partial charge in [0.15, 0.2) is 5.11 Å². The normalized spacial score (nSPS) is 17.7. The average Bonchev–Trinajstić information content (AvgIpc) is 3.31. The number of benzene rings is 2. The van der Waals surface area contributed by atoms with Gasteiger partial charge in [-0.2, -0.15) is 0 Å². The summed E-state index contributed by atoms with van der Waals surface area (Å²) >= 11 is 5.94. The van der Waals surface area contributed by atoms with Gasteiger partial charge in [0, 0.05) is 29.0 Å². The Morgan fingerprint density at radius 2 is 1.54 bits per heavy atom. The van der Waals surface area contributed by atoms with Gasteiger partial charge in [0.25, 0.3) is 0 Å². The van der Waals surface area contributed by atoms with E-state index in [1.165, 1.54) is 44.9 Å². The van der Waals surface area contributed by atoms with Gasteiger partial charge >= 0.3 is 0 Å². The first-order valence-electron chi connectivity index (χ1n) is 12.1. The van der Waals surface area contributed by atoms with Crippen molar-refractivity contribution in [3.8, 4) is 5.69 Å². The highest BCUT2D eigenvalue weighted by molar-refractivity contribution is 7.80. The summed E-state index contributed by atoms with van der Waals surface area (Å²) in [5, 5.41) is 4.33. The number of nitrogens with zero attached hydrogens (tertiary/aromatic N) is 3. The molecule has 0 radical (unpaired) electrons. The van der Waals surface area contributed by atoms with Crippen molar-refractivity contribution in [3.05, 3.63) is 112 Å². The molecule has 5 rings (SSSR count). The van der Waals surface area contributed by atoms with E-state index in [0.29, 0.717) is 0 Å². The van der Waals surface area contributed by atoms with Crippen molar-refractivity contribution in [1.29, 1.82) is 0 Å². The summed E-state index contributed by atoms with van der Waals surface area (Å²) in [6, 6.07) is 21.6. The molecule has 1 saturated heterocycles. The number of hydrogen-bond acceptors (Lipinski definition) is 2. The zero-order chi connectivity index (χ0) is 24.9. The Morgan fingerprint density at radius 1 is 0.800 bits per heavy atom. The summed E-state index contributed by atoms with van der Waals surface area (Å²) in [7, 11) is 0. The van der Waals surface area contributed by atoms with Crippen molar-refractivity contribution in [2.45, 2.75) is 53.6 Å². The second-order valence-corrected chi connectivity index (χ2v) is 10.2. The van der Waals surface area contributed by atoms with Gasteiger partial charge in [0.05, 0.1) is 17.8 Å². The fourth-order valence-electron chi connectivity index (χ4n) is 5.39. The van der Waals surface area contributed by atoms with Crippen LogP contribution in [0.1, 0.15) is 57.0 Å². The van der Waals surface area contributed by atoms with Crippen LogP contribution in [-0.2, 0) is 0 Å². The molecule has 1 fully saturated rings. The fraction of sp³-hybridized carbons (Fsp3) is 0.267. The first-order chi connectivity index (χ1) is 16.7. The van der Waals surface area contributed by atoms with Gasteiger partial charge in [-0.05, 0) is 124 Å². The molecule has 0 unspecified atom stereocenters. The Hall–Kier alpha value is -3.44. The maximum absolute atomic E-state index is 5.94. The Labute approximate surface area is 213 Å². The van der Waals surface area contributed by atoms with Crippen LogP contribution in [0.2, 0.25) is 0 Å². The molecule has 1 aliphatic heterocycles. The van der Waals surface area contributed by atoms with Crippen molar-refractivity contribution in [3.63, 3.8) is 0 Å². The molecule has 0 spiro atoms. The zero-order valence-electron chi connectivity index (χ0n) is 21.3. The molecule has 5 heteroatoms. The Bertz CT molecular complexity index is 1400. The lowest BCUT2D eigenvalue weighted by atomic mass is 9.96. The van der Waals surface area contributed by atoms with Crippen molar-refractivity contribution in [2.75, 3.05) is 4.90 Å². The van der Waals surface area contributed by atoms with Gasteiger partial charge in [-0.1, -0.05) is 18.2 Å². The van der Waals surface area contributed by atoms with E-state index in [4.69, 9.17) is 17.2 Å². The summed E-state index contributed by atoms with van der Waals surface area (Å²) in [5.74, 6) is 0. The van der Waals surface area contributed by atoms with Crippen molar-refractivity contribution in [1.82, 2.24) is 14.9 Å². The molecule has 3 heterocycles. The van der Waals surface area contributed by atoms with E-state index in [1.807, 2.05) is 18.3 Å². The Morgan fingerprint density at radius 3 is 2.20 bits per heavy atom. The number of hydrogen-bond donors (Lipinski definition) is 1. The first kappa shape index (κ1) is 23.3. The van der Waals surface area contributed by atoms with Crippen LogP contribution in [0.3, 0.4) is 0 Å². The van der Waals surface area contributed by atoms with Gasteiger partial charge in [-0.25, -0.2) is 0 Å². The first-order valence-corrected chi connectivity index (χ1v) is 12.5. The van der Waals surface area contributed by atoms with E-state index >= 15 is 0 Å². The lowest BCUT2D eigenvalue weighted by molar-refractivity contribution is 0.565. The van der Waals surface area contributed by atoms with Crippen molar-refractivity contribution in [2.24, 2.45) is 0 Å². The molecule has 35 heavy (non-hydrogen) atoms. The van der Waals surface area contributed by atoms with Gasteiger partial charge in [0.2, 0.25) is 0 Å². The van der Waals surface area contributed by atoms with Gasteiger partial charge in [0.1, 0.15) is 0 Å². The van der Waals surface area contributed by atoms with E-state index in [1.54, 1.807) is 0 Å². The number of rotatable bonds is 4. The van der Waals surface area contributed by atoms with Crippen LogP contribution in [-0.4, -0.2) is 14.7 Å². The molecule has 1 N–H and O–H groups in total. The smallest absolute Gasteiger partial charge is 0.174 e. The lowest BCUT2D eigenvalue weighted by Gasteiger charge is -2.28. The average molecular weight is 481 g/mol. The topological polar surface area (TPSA) is 33.1 Å². The largest absolute Gasteiger partial charge is 0.351 e. The van der Waals surface area contributed by atoms with Crippen molar-refractivity contribution < 1.29 is 0 Å². The standard InChI is InChI=1S/C30H32N4S/c1-18-13-19(2)15-25(14-18)33-22(5)17-26(23(33)6)29-28(27-9-7-8-12-31-27)32-30(35)34(29)24-11-10-20(3)21(4)16-24/h7-17,28-29H,1-6H3,(H,32,35)/t28-,29+/m0/s1. The van der Waals surface area contributed by atoms with Crippen LogP contribution in [0.25, 0.3) is 5.69 Å². The molecule has 4 aromatic rings. The SMILES string of the molecule is Cc1cc(C)cc(-n2c(C)cc([C@@H]3[C@H](c4ccccn4)NC(=S)N3c3ccc(C)c(C)c3)c2C)c1. The molecule has 2 aromatic heterocycles. The number of aromatic nitrogens is 2. The quantitative estimate of drug-likeness (QED) is 0.322. The highest BCUT2D eigenvalue weighted by Gasteiger charge is 2.42. The zero-order valence-corrected chi connectivity index (χ0v) is 22.1. The lowest BCUT2D eigenvalue weighted by Crippen LogP contribution is -2.29. The highest BCUT2D eigenvalue weighted by atomic mass is 32.1. The predicted octanol–water partition coefficient (Wildman–Crippen LogP) is 6.90.